The second-order valence-corrected chi connectivity index (χ2v) is 11.9. The molecule has 0 bridgehead atoms. The van der Waals surface area contributed by atoms with Crippen molar-refractivity contribution in [1.29, 1.82) is 0 Å². The maximum absolute atomic E-state index is 14.2. The van der Waals surface area contributed by atoms with E-state index < -0.39 is 23.2 Å². The van der Waals surface area contributed by atoms with E-state index in [1.807, 2.05) is 24.8 Å². The number of fused-ring (bicyclic) bond motifs is 1. The normalized spacial score (nSPS) is 15.4. The number of rotatable bonds is 8. The van der Waals surface area contributed by atoms with Gasteiger partial charge in [0.25, 0.3) is 11.5 Å². The summed E-state index contributed by atoms with van der Waals surface area (Å²) in [7, 11) is 0. The van der Waals surface area contributed by atoms with Crippen molar-refractivity contribution in [2.45, 2.75) is 45.8 Å². The van der Waals surface area contributed by atoms with Gasteiger partial charge in [0, 0.05) is 37.9 Å². The van der Waals surface area contributed by atoms with Crippen LogP contribution in [0.15, 0.2) is 41.6 Å². The summed E-state index contributed by atoms with van der Waals surface area (Å²) in [5.41, 5.74) is 1.34. The number of alkyl halides is 3. The predicted molar refractivity (Wildman–Crippen MR) is 175 cm³/mol. The number of amides is 2. The molecule has 2 aliphatic rings. The Morgan fingerprint density at radius 2 is 1.88 bits per heavy atom. The molecule has 13 nitrogen and oxygen atoms in total. The Labute approximate surface area is 283 Å². The van der Waals surface area contributed by atoms with E-state index in [2.05, 4.69) is 25.4 Å². The number of carbonyl (C=O) groups excluding carboxylic acids is 2. The van der Waals surface area contributed by atoms with Crippen LogP contribution < -0.4 is 15.8 Å². The molecule has 5 heterocycles. The Balaban J connectivity index is 1.34. The molecule has 1 aromatic carbocycles. The van der Waals surface area contributed by atoms with Gasteiger partial charge in [0.15, 0.2) is 5.82 Å². The summed E-state index contributed by atoms with van der Waals surface area (Å²) in [6, 6.07) is 2.67. The molecule has 0 radical (unpaired) electrons. The summed E-state index contributed by atoms with van der Waals surface area (Å²) in [5.74, 6) is -0.362. The molecule has 0 atom stereocenters. The molecule has 17 heteroatoms. The number of piperazine rings is 1. The molecule has 1 saturated heterocycles. The van der Waals surface area contributed by atoms with Crippen LogP contribution in [0.4, 0.5) is 24.5 Å². The average Bonchev–Trinajstić information content (AvgIpc) is 3.56. The highest BCUT2D eigenvalue weighted by Gasteiger charge is 2.32. The number of ether oxygens (including phenoxy) is 1. The van der Waals surface area contributed by atoms with Crippen molar-refractivity contribution in [3.63, 3.8) is 0 Å². The van der Waals surface area contributed by atoms with Gasteiger partial charge in [-0.05, 0) is 43.0 Å². The van der Waals surface area contributed by atoms with E-state index in [1.54, 1.807) is 15.7 Å². The molecule has 6 rings (SSSR count). The van der Waals surface area contributed by atoms with Crippen LogP contribution in [0.5, 0.6) is 0 Å². The first-order valence-electron chi connectivity index (χ1n) is 15.8. The van der Waals surface area contributed by atoms with Crippen LogP contribution in [0.3, 0.4) is 0 Å². The third-order valence-corrected chi connectivity index (χ3v) is 8.85. The van der Waals surface area contributed by atoms with Gasteiger partial charge in [-0.3, -0.25) is 14.4 Å². The first-order chi connectivity index (χ1) is 23.5. The number of hydrogen-bond donors (Lipinski definition) is 1. The summed E-state index contributed by atoms with van der Waals surface area (Å²) in [6.45, 7) is 5.53. The average molecular weight is 700 g/mol. The molecular weight excluding hydrogens is 667 g/mol. The smallest absolute Gasteiger partial charge is 0.377 e. The third kappa shape index (κ3) is 6.87. The van der Waals surface area contributed by atoms with Crippen molar-refractivity contribution >= 4 is 46.1 Å². The first-order valence-corrected chi connectivity index (χ1v) is 16.2. The lowest BCUT2D eigenvalue weighted by molar-refractivity contribution is -0.137. The van der Waals surface area contributed by atoms with E-state index in [0.29, 0.717) is 81.6 Å². The Kier molecular flexibility index (Phi) is 9.70. The largest absolute Gasteiger partial charge is 0.416 e. The number of halogens is 4. The van der Waals surface area contributed by atoms with E-state index in [0.717, 1.165) is 29.3 Å². The van der Waals surface area contributed by atoms with Crippen molar-refractivity contribution in [1.82, 2.24) is 34.0 Å². The molecule has 2 aliphatic heterocycles. The van der Waals surface area contributed by atoms with Gasteiger partial charge in [0.2, 0.25) is 11.7 Å². The second-order valence-electron chi connectivity index (χ2n) is 11.5. The topological polar surface area (TPSA) is 140 Å². The molecule has 3 aromatic heterocycles. The van der Waals surface area contributed by atoms with Gasteiger partial charge in [-0.1, -0.05) is 31.5 Å². The Morgan fingerprint density at radius 1 is 1.10 bits per heavy atom. The van der Waals surface area contributed by atoms with E-state index in [-0.39, 0.29) is 28.9 Å². The van der Waals surface area contributed by atoms with Crippen molar-refractivity contribution in [3.05, 3.63) is 80.5 Å². The maximum Gasteiger partial charge on any atom is 0.416 e. The van der Waals surface area contributed by atoms with Crippen LogP contribution >= 0.6 is 11.6 Å². The summed E-state index contributed by atoms with van der Waals surface area (Å²) in [4.78, 5) is 57.5. The second kappa shape index (κ2) is 14.0. The first kappa shape index (κ1) is 34.0. The van der Waals surface area contributed by atoms with Gasteiger partial charge in [0.05, 0.1) is 35.2 Å². The summed E-state index contributed by atoms with van der Waals surface area (Å²) in [5, 5.41) is 6.86. The molecular formula is C32H33ClF3N9O4. The van der Waals surface area contributed by atoms with Gasteiger partial charge in [-0.25, -0.2) is 9.97 Å². The highest BCUT2D eigenvalue weighted by atomic mass is 35.5. The Morgan fingerprint density at radius 3 is 2.53 bits per heavy atom. The van der Waals surface area contributed by atoms with E-state index in [1.165, 1.54) is 10.8 Å². The van der Waals surface area contributed by atoms with Crippen LogP contribution in [0.2, 0.25) is 5.02 Å². The summed E-state index contributed by atoms with van der Waals surface area (Å²) >= 11 is 6.12. The summed E-state index contributed by atoms with van der Waals surface area (Å²) < 4.78 is 47.7. The van der Waals surface area contributed by atoms with Gasteiger partial charge >= 0.3 is 6.18 Å². The van der Waals surface area contributed by atoms with Crippen molar-refractivity contribution < 1.29 is 27.5 Å². The minimum atomic E-state index is -4.60. The lowest BCUT2D eigenvalue weighted by Gasteiger charge is -2.36. The Bertz CT molecular complexity index is 2000. The quantitative estimate of drug-likeness (QED) is 0.290. The molecule has 1 N–H and O–H groups in total. The fourth-order valence-electron chi connectivity index (χ4n) is 6.01. The van der Waals surface area contributed by atoms with Gasteiger partial charge < -0.3 is 24.4 Å². The minimum Gasteiger partial charge on any atom is -0.377 e. The van der Waals surface area contributed by atoms with Crippen molar-refractivity contribution in [3.8, 4) is 0 Å². The van der Waals surface area contributed by atoms with E-state index >= 15 is 0 Å². The van der Waals surface area contributed by atoms with Gasteiger partial charge in [-0.15, -0.1) is 5.10 Å². The van der Waals surface area contributed by atoms with Crippen LogP contribution in [0, 0.1) is 0 Å². The van der Waals surface area contributed by atoms with Crippen LogP contribution in [0.1, 0.15) is 53.4 Å². The van der Waals surface area contributed by atoms with Gasteiger partial charge in [-0.2, -0.15) is 22.7 Å². The molecule has 4 aromatic rings. The number of benzene rings is 1. The molecule has 0 aliphatic carbocycles. The molecule has 2 amide bonds. The standard InChI is InChI=1S/C32H33ClF3N9O4/c1-3-19-16-37-18-38-26(19)29(47)43-11-9-42(10-12-43)27-24(4-2)44(17-25(46)39-23-6-5-21(15-22(23)33)32(34,35)36)31-40-28(41-45(31)30(27)48)20-7-13-49-14-8-20/h5-7,15-16,18H,3-4,8-14,17H2,1-2H3,(H,39,46). The molecule has 1 fully saturated rings. The molecule has 0 unspecified atom stereocenters. The van der Waals surface area contributed by atoms with E-state index in [4.69, 9.17) is 16.3 Å². The molecule has 0 saturated carbocycles. The third-order valence-electron chi connectivity index (χ3n) is 8.54. The maximum atomic E-state index is 14.2. The van der Waals surface area contributed by atoms with E-state index in [9.17, 15) is 27.6 Å². The number of nitrogens with one attached hydrogen (secondary N) is 1. The Hall–Kier alpha value is -4.83. The highest BCUT2D eigenvalue weighted by molar-refractivity contribution is 6.33. The highest BCUT2D eigenvalue weighted by Crippen LogP contribution is 2.34. The fourth-order valence-corrected chi connectivity index (χ4v) is 6.24. The minimum absolute atomic E-state index is 0.000211. The zero-order chi connectivity index (χ0) is 34.9. The van der Waals surface area contributed by atoms with Crippen molar-refractivity contribution in [2.75, 3.05) is 49.6 Å². The van der Waals surface area contributed by atoms with Gasteiger partial charge in [0.1, 0.15) is 24.3 Å². The zero-order valence-electron chi connectivity index (χ0n) is 26.8. The monoisotopic (exact) mass is 699 g/mol. The molecule has 0 spiro atoms. The molecule has 49 heavy (non-hydrogen) atoms. The molecule has 258 valence electrons. The number of anilines is 2. The number of nitrogens with zero attached hydrogens (tertiary/aromatic N) is 8. The van der Waals surface area contributed by atoms with Crippen LogP contribution in [-0.4, -0.2) is 85.2 Å². The number of hydrogen-bond acceptors (Lipinski definition) is 9. The SMILES string of the molecule is CCc1cncnc1C(=O)N1CCN(c2c(CC)n(CC(=O)Nc3ccc(C(F)(F)F)cc3Cl)c3nc(C4=CCOCC4)nn3c2=O)CC1. The fraction of sp³-hybridized carbons (Fsp3) is 0.406. The number of carbonyl (C=O) groups is 2. The predicted octanol–water partition coefficient (Wildman–Crippen LogP) is 3.88. The lowest BCUT2D eigenvalue weighted by Crippen LogP contribution is -2.51. The lowest BCUT2D eigenvalue weighted by atomic mass is 10.1. The number of aryl methyl sites for hydroxylation is 1. The van der Waals surface area contributed by atoms with Crippen molar-refractivity contribution in [2.24, 2.45) is 0 Å². The van der Waals surface area contributed by atoms with Crippen LogP contribution in [0.25, 0.3) is 11.4 Å². The zero-order valence-corrected chi connectivity index (χ0v) is 27.5. The summed E-state index contributed by atoms with van der Waals surface area (Å²) in [6.07, 6.45) is 1.68. The number of aromatic nitrogens is 6. The van der Waals surface area contributed by atoms with Crippen LogP contribution in [-0.2, 0) is 35.1 Å².